The Morgan fingerprint density at radius 1 is 1.20 bits per heavy atom. The average Bonchev–Trinajstić information content (AvgIpc) is 3.29. The maximum Gasteiger partial charge on any atom is 0.220 e. The van der Waals surface area contributed by atoms with Crippen LogP contribution in [0.4, 0.5) is 0 Å². The molecule has 2 aromatic rings. The van der Waals surface area contributed by atoms with Gasteiger partial charge in [0, 0.05) is 24.2 Å². The molecule has 0 aliphatic heterocycles. The SMILES string of the molecule is Cc1nn(-c2ccccc2)c(C)c1CNC(=O)C[C@@H]1C[C@@H]2CC[C@@H]1C2. The molecule has 132 valence electrons. The number of nitrogens with zero attached hydrogens (tertiary/aromatic N) is 2. The van der Waals surface area contributed by atoms with Crippen LogP contribution in [0.25, 0.3) is 5.69 Å². The lowest BCUT2D eigenvalue weighted by molar-refractivity contribution is -0.122. The highest BCUT2D eigenvalue weighted by Crippen LogP contribution is 2.49. The summed E-state index contributed by atoms with van der Waals surface area (Å²) < 4.78 is 1.97. The van der Waals surface area contributed by atoms with Crippen molar-refractivity contribution < 1.29 is 4.79 Å². The first kappa shape index (κ1) is 16.4. The molecule has 3 atom stereocenters. The molecule has 4 heteroatoms. The minimum absolute atomic E-state index is 0.198. The fraction of sp³-hybridized carbons (Fsp3) is 0.524. The van der Waals surface area contributed by atoms with Crippen LogP contribution in [-0.4, -0.2) is 15.7 Å². The lowest BCUT2D eigenvalue weighted by atomic mass is 9.86. The molecule has 0 unspecified atom stereocenters. The Labute approximate surface area is 149 Å². The van der Waals surface area contributed by atoms with E-state index in [2.05, 4.69) is 29.5 Å². The summed E-state index contributed by atoms with van der Waals surface area (Å²) in [6.07, 6.45) is 6.05. The monoisotopic (exact) mass is 337 g/mol. The number of hydrogen-bond donors (Lipinski definition) is 1. The van der Waals surface area contributed by atoms with E-state index in [0.29, 0.717) is 18.9 Å². The van der Waals surface area contributed by atoms with Gasteiger partial charge in [-0.15, -0.1) is 0 Å². The summed E-state index contributed by atoms with van der Waals surface area (Å²) in [6, 6.07) is 10.1. The Morgan fingerprint density at radius 3 is 2.68 bits per heavy atom. The van der Waals surface area contributed by atoms with Gasteiger partial charge >= 0.3 is 0 Å². The third-order valence-electron chi connectivity index (χ3n) is 6.24. The number of rotatable bonds is 5. The van der Waals surface area contributed by atoms with Crippen LogP contribution in [0.2, 0.25) is 0 Å². The summed E-state index contributed by atoms with van der Waals surface area (Å²) in [5.74, 6) is 2.52. The summed E-state index contributed by atoms with van der Waals surface area (Å²) in [4.78, 5) is 12.4. The van der Waals surface area contributed by atoms with Crippen LogP contribution < -0.4 is 5.32 Å². The quantitative estimate of drug-likeness (QED) is 0.898. The van der Waals surface area contributed by atoms with Gasteiger partial charge in [0.05, 0.1) is 11.4 Å². The zero-order valence-electron chi connectivity index (χ0n) is 15.2. The molecule has 0 saturated heterocycles. The molecular weight excluding hydrogens is 310 g/mol. The summed E-state index contributed by atoms with van der Waals surface area (Å²) in [7, 11) is 0. The molecule has 0 spiro atoms. The van der Waals surface area contributed by atoms with Crippen molar-refractivity contribution in [2.75, 3.05) is 0 Å². The lowest BCUT2D eigenvalue weighted by Crippen LogP contribution is -2.27. The molecule has 1 heterocycles. The Balaban J connectivity index is 1.39. The second kappa shape index (κ2) is 6.66. The number of carbonyl (C=O) groups excluding carboxylic acids is 1. The van der Waals surface area contributed by atoms with E-state index in [1.54, 1.807) is 0 Å². The van der Waals surface area contributed by atoms with Gasteiger partial charge in [-0.05, 0) is 63.0 Å². The lowest BCUT2D eigenvalue weighted by Gasteiger charge is -2.20. The van der Waals surface area contributed by atoms with Gasteiger partial charge in [0.2, 0.25) is 5.91 Å². The number of benzene rings is 1. The Bertz CT molecular complexity index is 765. The predicted molar refractivity (Wildman–Crippen MR) is 98.4 cm³/mol. The molecule has 1 aromatic heterocycles. The highest BCUT2D eigenvalue weighted by Gasteiger charge is 2.40. The van der Waals surface area contributed by atoms with Crippen molar-refractivity contribution in [3.63, 3.8) is 0 Å². The van der Waals surface area contributed by atoms with Gasteiger partial charge in [0.1, 0.15) is 0 Å². The third kappa shape index (κ3) is 3.22. The number of fused-ring (bicyclic) bond motifs is 2. The van der Waals surface area contributed by atoms with Gasteiger partial charge in [-0.2, -0.15) is 5.10 Å². The van der Waals surface area contributed by atoms with Crippen molar-refractivity contribution in [1.29, 1.82) is 0 Å². The second-order valence-electron chi connectivity index (χ2n) is 7.81. The van der Waals surface area contributed by atoms with Crippen molar-refractivity contribution >= 4 is 5.91 Å². The second-order valence-corrected chi connectivity index (χ2v) is 7.81. The van der Waals surface area contributed by atoms with Gasteiger partial charge in [0.25, 0.3) is 0 Å². The molecule has 4 nitrogen and oxygen atoms in total. The van der Waals surface area contributed by atoms with E-state index in [9.17, 15) is 4.79 Å². The molecule has 1 amide bonds. The molecule has 4 rings (SSSR count). The molecule has 2 aliphatic rings. The molecule has 2 fully saturated rings. The summed E-state index contributed by atoms with van der Waals surface area (Å²) in [5.41, 5.74) is 4.28. The van der Waals surface area contributed by atoms with E-state index in [0.717, 1.165) is 34.5 Å². The van der Waals surface area contributed by atoms with Crippen LogP contribution in [0.5, 0.6) is 0 Å². The number of amides is 1. The minimum Gasteiger partial charge on any atom is -0.352 e. The molecule has 0 radical (unpaired) electrons. The number of para-hydroxylation sites is 1. The third-order valence-corrected chi connectivity index (χ3v) is 6.24. The molecule has 2 saturated carbocycles. The fourth-order valence-electron chi connectivity index (χ4n) is 4.88. The molecular formula is C21H27N3O. The van der Waals surface area contributed by atoms with Crippen molar-refractivity contribution in [3.05, 3.63) is 47.3 Å². The number of nitrogens with one attached hydrogen (secondary N) is 1. The van der Waals surface area contributed by atoms with Gasteiger partial charge in [-0.25, -0.2) is 4.68 Å². The molecule has 1 N–H and O–H groups in total. The summed E-state index contributed by atoms with van der Waals surface area (Å²) in [5, 5.41) is 7.80. The number of aromatic nitrogens is 2. The van der Waals surface area contributed by atoms with Crippen molar-refractivity contribution in [2.24, 2.45) is 17.8 Å². The first-order chi connectivity index (χ1) is 12.1. The number of hydrogen-bond acceptors (Lipinski definition) is 2. The van der Waals surface area contributed by atoms with E-state index in [1.165, 1.54) is 25.7 Å². The standard InChI is InChI=1S/C21H27N3O/c1-14-20(15(2)24(23-14)19-6-4-3-5-7-19)13-22-21(25)12-18-11-16-8-9-17(18)10-16/h3-7,16-18H,8-13H2,1-2H3,(H,22,25)/t16-,17-,18+/m1/s1. The normalized spacial score (nSPS) is 24.6. The van der Waals surface area contributed by atoms with E-state index in [4.69, 9.17) is 0 Å². The largest absolute Gasteiger partial charge is 0.352 e. The number of aryl methyl sites for hydroxylation is 1. The van der Waals surface area contributed by atoms with Gasteiger partial charge in [0.15, 0.2) is 0 Å². The van der Waals surface area contributed by atoms with Crippen LogP contribution in [0.1, 0.15) is 49.1 Å². The van der Waals surface area contributed by atoms with Gasteiger partial charge in [-0.1, -0.05) is 24.6 Å². The van der Waals surface area contributed by atoms with Crippen molar-refractivity contribution in [1.82, 2.24) is 15.1 Å². The first-order valence-electron chi connectivity index (χ1n) is 9.49. The number of carbonyl (C=O) groups is 1. The molecule has 1 aromatic carbocycles. The topological polar surface area (TPSA) is 46.9 Å². The van der Waals surface area contributed by atoms with Crippen molar-refractivity contribution in [3.8, 4) is 5.69 Å². The maximum absolute atomic E-state index is 12.4. The van der Waals surface area contributed by atoms with Gasteiger partial charge in [-0.3, -0.25) is 4.79 Å². The van der Waals surface area contributed by atoms with Crippen LogP contribution in [0, 0.1) is 31.6 Å². The van der Waals surface area contributed by atoms with E-state index >= 15 is 0 Å². The fourth-order valence-corrected chi connectivity index (χ4v) is 4.88. The highest BCUT2D eigenvalue weighted by molar-refractivity contribution is 5.76. The Hall–Kier alpha value is -2.10. The van der Waals surface area contributed by atoms with E-state index < -0.39 is 0 Å². The Morgan fingerprint density at radius 2 is 2.00 bits per heavy atom. The smallest absolute Gasteiger partial charge is 0.220 e. The molecule has 2 aliphatic carbocycles. The zero-order valence-corrected chi connectivity index (χ0v) is 15.2. The first-order valence-corrected chi connectivity index (χ1v) is 9.49. The predicted octanol–water partition coefficient (Wildman–Crippen LogP) is 3.93. The van der Waals surface area contributed by atoms with Gasteiger partial charge < -0.3 is 5.32 Å². The zero-order chi connectivity index (χ0) is 17.4. The van der Waals surface area contributed by atoms with Crippen LogP contribution in [-0.2, 0) is 11.3 Å². The van der Waals surface area contributed by atoms with Crippen molar-refractivity contribution in [2.45, 2.75) is 52.5 Å². The Kier molecular flexibility index (Phi) is 4.36. The molecule has 2 bridgehead atoms. The van der Waals surface area contributed by atoms with Crippen LogP contribution in [0.15, 0.2) is 30.3 Å². The summed E-state index contributed by atoms with van der Waals surface area (Å²) >= 11 is 0. The average molecular weight is 337 g/mol. The van der Waals surface area contributed by atoms with E-state index in [-0.39, 0.29) is 5.91 Å². The minimum atomic E-state index is 0.198. The maximum atomic E-state index is 12.4. The molecule has 25 heavy (non-hydrogen) atoms. The van der Waals surface area contributed by atoms with Crippen LogP contribution >= 0.6 is 0 Å². The highest BCUT2D eigenvalue weighted by atomic mass is 16.1. The van der Waals surface area contributed by atoms with E-state index in [1.807, 2.05) is 29.8 Å². The summed E-state index contributed by atoms with van der Waals surface area (Å²) in [6.45, 7) is 4.67. The van der Waals surface area contributed by atoms with Crippen LogP contribution in [0.3, 0.4) is 0 Å².